The van der Waals surface area contributed by atoms with Crippen molar-refractivity contribution in [2.24, 2.45) is 0 Å². The molecule has 0 radical (unpaired) electrons. The molecule has 1 aromatic heterocycles. The molecule has 26 heavy (non-hydrogen) atoms. The smallest absolute Gasteiger partial charge is 0.272 e. The van der Waals surface area contributed by atoms with Crippen molar-refractivity contribution >= 4 is 5.91 Å². The van der Waals surface area contributed by atoms with Gasteiger partial charge in [0.2, 0.25) is 0 Å². The number of hydrogen-bond acceptors (Lipinski definition) is 4. The average Bonchev–Trinajstić information content (AvgIpc) is 3.05. The number of rotatable bonds is 4. The fourth-order valence-corrected chi connectivity index (χ4v) is 3.37. The fraction of sp³-hybridized carbons (Fsp3) is 0.400. The van der Waals surface area contributed by atoms with E-state index in [1.54, 1.807) is 21.7 Å². The number of para-hydroxylation sites is 2. The second kappa shape index (κ2) is 7.63. The third kappa shape index (κ3) is 3.44. The zero-order chi connectivity index (χ0) is 18.7. The molecule has 2 atom stereocenters. The van der Waals surface area contributed by atoms with E-state index in [2.05, 4.69) is 6.07 Å². The molecule has 0 saturated carbocycles. The molecule has 136 valence electrons. The molecule has 0 spiro atoms. The van der Waals surface area contributed by atoms with Gasteiger partial charge in [-0.05, 0) is 39.0 Å². The third-order valence-corrected chi connectivity index (χ3v) is 4.34. The number of morpholine rings is 1. The summed E-state index contributed by atoms with van der Waals surface area (Å²) in [6.45, 7) is 7.34. The molecule has 2 heterocycles. The van der Waals surface area contributed by atoms with Crippen molar-refractivity contribution in [2.75, 3.05) is 19.7 Å². The molecule has 6 nitrogen and oxygen atoms in total. The van der Waals surface area contributed by atoms with Crippen LogP contribution in [0.1, 0.15) is 36.8 Å². The van der Waals surface area contributed by atoms with E-state index in [0.29, 0.717) is 36.7 Å². The SMILES string of the molecule is CCOc1ccccc1-n1ccc(C#N)c1C(=O)N1C[C@H](C)O[C@@H](C)C1. The highest BCUT2D eigenvalue weighted by atomic mass is 16.5. The van der Waals surface area contributed by atoms with E-state index in [4.69, 9.17) is 9.47 Å². The summed E-state index contributed by atoms with van der Waals surface area (Å²) in [7, 11) is 0. The van der Waals surface area contributed by atoms with Crippen LogP contribution in [-0.2, 0) is 4.74 Å². The second-order valence-electron chi connectivity index (χ2n) is 6.43. The Balaban J connectivity index is 2.04. The van der Waals surface area contributed by atoms with E-state index >= 15 is 0 Å². The van der Waals surface area contributed by atoms with Crippen LogP contribution in [0.25, 0.3) is 5.69 Å². The lowest BCUT2D eigenvalue weighted by Gasteiger charge is -2.35. The lowest BCUT2D eigenvalue weighted by Crippen LogP contribution is -2.48. The molecule has 0 N–H and O–H groups in total. The Hall–Kier alpha value is -2.78. The van der Waals surface area contributed by atoms with Crippen LogP contribution in [0, 0.1) is 11.3 Å². The summed E-state index contributed by atoms with van der Waals surface area (Å²) in [6.07, 6.45) is 1.68. The Labute approximate surface area is 153 Å². The van der Waals surface area contributed by atoms with Gasteiger partial charge in [-0.1, -0.05) is 12.1 Å². The number of amides is 1. The van der Waals surface area contributed by atoms with Crippen molar-refractivity contribution in [2.45, 2.75) is 33.0 Å². The van der Waals surface area contributed by atoms with Crippen molar-refractivity contribution in [3.8, 4) is 17.5 Å². The monoisotopic (exact) mass is 353 g/mol. The predicted molar refractivity (Wildman–Crippen MR) is 97.6 cm³/mol. The van der Waals surface area contributed by atoms with Crippen LogP contribution < -0.4 is 4.74 Å². The van der Waals surface area contributed by atoms with Gasteiger partial charge in [-0.3, -0.25) is 4.79 Å². The van der Waals surface area contributed by atoms with Gasteiger partial charge in [-0.15, -0.1) is 0 Å². The predicted octanol–water partition coefficient (Wildman–Crippen LogP) is 3.00. The number of aromatic nitrogens is 1. The molecular weight excluding hydrogens is 330 g/mol. The van der Waals surface area contributed by atoms with Crippen LogP contribution in [0.2, 0.25) is 0 Å². The molecule has 1 saturated heterocycles. The number of nitrogens with zero attached hydrogens (tertiary/aromatic N) is 3. The molecule has 1 aliphatic heterocycles. The van der Waals surface area contributed by atoms with Crippen LogP contribution in [0.4, 0.5) is 0 Å². The Morgan fingerprint density at radius 1 is 1.27 bits per heavy atom. The van der Waals surface area contributed by atoms with Crippen LogP contribution in [-0.4, -0.2) is 47.3 Å². The van der Waals surface area contributed by atoms with Crippen molar-refractivity contribution in [3.63, 3.8) is 0 Å². The van der Waals surface area contributed by atoms with Crippen molar-refractivity contribution in [1.82, 2.24) is 9.47 Å². The summed E-state index contributed by atoms with van der Waals surface area (Å²) in [6, 6.07) is 11.3. The molecule has 1 aliphatic rings. The van der Waals surface area contributed by atoms with Gasteiger partial charge in [-0.25, -0.2) is 0 Å². The van der Waals surface area contributed by atoms with Crippen molar-refractivity contribution < 1.29 is 14.3 Å². The number of nitriles is 1. The maximum atomic E-state index is 13.3. The van der Waals surface area contributed by atoms with Gasteiger partial charge in [0.25, 0.3) is 5.91 Å². The van der Waals surface area contributed by atoms with E-state index in [-0.39, 0.29) is 18.1 Å². The average molecular weight is 353 g/mol. The topological polar surface area (TPSA) is 67.5 Å². The lowest BCUT2D eigenvalue weighted by atomic mass is 10.1. The van der Waals surface area contributed by atoms with Crippen LogP contribution >= 0.6 is 0 Å². The number of hydrogen-bond donors (Lipinski definition) is 0. The van der Waals surface area contributed by atoms with Crippen LogP contribution in [0.15, 0.2) is 36.5 Å². The summed E-state index contributed by atoms with van der Waals surface area (Å²) in [5.41, 5.74) is 1.46. The van der Waals surface area contributed by atoms with E-state index in [0.717, 1.165) is 5.69 Å². The first-order valence-electron chi connectivity index (χ1n) is 8.83. The van der Waals surface area contributed by atoms with Gasteiger partial charge in [0.15, 0.2) is 0 Å². The van der Waals surface area contributed by atoms with E-state index in [1.165, 1.54) is 0 Å². The zero-order valence-corrected chi connectivity index (χ0v) is 15.3. The number of carbonyl (C=O) groups is 1. The molecule has 1 amide bonds. The quantitative estimate of drug-likeness (QED) is 0.847. The standard InChI is InChI=1S/C20H23N3O3/c1-4-25-18-8-6-5-7-17(18)23-10-9-16(11-21)19(23)20(24)22-12-14(2)26-15(3)13-22/h5-10,14-15H,4,12-13H2,1-3H3/t14-,15-/m0/s1. The fourth-order valence-electron chi connectivity index (χ4n) is 3.37. The van der Waals surface area contributed by atoms with E-state index in [1.807, 2.05) is 45.0 Å². The largest absolute Gasteiger partial charge is 0.492 e. The lowest BCUT2D eigenvalue weighted by molar-refractivity contribution is -0.0588. The summed E-state index contributed by atoms with van der Waals surface area (Å²) in [5, 5.41) is 9.51. The van der Waals surface area contributed by atoms with Gasteiger partial charge in [-0.2, -0.15) is 5.26 Å². The molecule has 2 aromatic rings. The molecule has 0 bridgehead atoms. The maximum absolute atomic E-state index is 13.3. The van der Waals surface area contributed by atoms with Crippen molar-refractivity contribution in [3.05, 3.63) is 47.8 Å². The Kier molecular flexibility index (Phi) is 5.29. The van der Waals surface area contributed by atoms with E-state index < -0.39 is 0 Å². The summed E-state index contributed by atoms with van der Waals surface area (Å²) < 4.78 is 13.2. The van der Waals surface area contributed by atoms with Gasteiger partial charge in [0, 0.05) is 19.3 Å². The second-order valence-corrected chi connectivity index (χ2v) is 6.43. The first-order chi connectivity index (χ1) is 12.5. The highest BCUT2D eigenvalue weighted by molar-refractivity contribution is 5.96. The first-order valence-corrected chi connectivity index (χ1v) is 8.83. The minimum Gasteiger partial charge on any atom is -0.492 e. The summed E-state index contributed by atoms with van der Waals surface area (Å²) in [5.74, 6) is 0.507. The van der Waals surface area contributed by atoms with Crippen molar-refractivity contribution in [1.29, 1.82) is 5.26 Å². The molecule has 1 fully saturated rings. The highest BCUT2D eigenvalue weighted by Crippen LogP contribution is 2.27. The molecule has 0 unspecified atom stereocenters. The van der Waals surface area contributed by atoms with Gasteiger partial charge in [0.1, 0.15) is 17.5 Å². The Morgan fingerprint density at radius 3 is 2.62 bits per heavy atom. The molecule has 0 aliphatic carbocycles. The highest BCUT2D eigenvalue weighted by Gasteiger charge is 2.30. The van der Waals surface area contributed by atoms with Gasteiger partial charge < -0.3 is 18.9 Å². The molecule has 3 rings (SSSR count). The minimum atomic E-state index is -0.167. The Morgan fingerprint density at radius 2 is 1.96 bits per heavy atom. The number of carbonyl (C=O) groups excluding carboxylic acids is 1. The summed E-state index contributed by atoms with van der Waals surface area (Å²) in [4.78, 5) is 15.0. The van der Waals surface area contributed by atoms with E-state index in [9.17, 15) is 10.1 Å². The first kappa shape index (κ1) is 18.0. The van der Waals surface area contributed by atoms with Crippen LogP contribution in [0.5, 0.6) is 5.75 Å². The number of ether oxygens (including phenoxy) is 2. The van der Waals surface area contributed by atoms with Gasteiger partial charge >= 0.3 is 0 Å². The molecule has 1 aromatic carbocycles. The zero-order valence-electron chi connectivity index (χ0n) is 15.3. The number of benzene rings is 1. The molecular formula is C20H23N3O3. The Bertz CT molecular complexity index is 827. The minimum absolute atomic E-state index is 0.0349. The normalized spacial score (nSPS) is 19.8. The maximum Gasteiger partial charge on any atom is 0.272 e. The third-order valence-electron chi connectivity index (χ3n) is 4.34. The molecule has 6 heteroatoms. The summed E-state index contributed by atoms with van der Waals surface area (Å²) >= 11 is 0. The van der Waals surface area contributed by atoms with Gasteiger partial charge in [0.05, 0.1) is 30.1 Å². The van der Waals surface area contributed by atoms with Crippen LogP contribution in [0.3, 0.4) is 0 Å².